The molecule has 0 bridgehead atoms. The van der Waals surface area contributed by atoms with Crippen molar-refractivity contribution >= 4 is 28.4 Å². The van der Waals surface area contributed by atoms with E-state index in [0.29, 0.717) is 17.7 Å². The number of nitrogens with one attached hydrogen (secondary N) is 1. The summed E-state index contributed by atoms with van der Waals surface area (Å²) in [6.07, 6.45) is 4.54. The summed E-state index contributed by atoms with van der Waals surface area (Å²) in [6.45, 7) is 2.82. The Labute approximate surface area is 161 Å². The molecule has 129 valence electrons. The molecule has 3 atom stereocenters. The van der Waals surface area contributed by atoms with Gasteiger partial charge >= 0.3 is 0 Å². The molecule has 1 unspecified atom stereocenters. The molecular formula is C19H23IN2OS-. The van der Waals surface area contributed by atoms with Gasteiger partial charge in [0.1, 0.15) is 5.78 Å². The molecule has 24 heavy (non-hydrogen) atoms. The molecule has 2 aromatic rings. The highest BCUT2D eigenvalue weighted by Crippen LogP contribution is 2.44. The van der Waals surface area contributed by atoms with Gasteiger partial charge in [0.05, 0.1) is 5.75 Å². The Morgan fingerprint density at radius 1 is 1.50 bits per heavy atom. The Kier molecular flexibility index (Phi) is 4.46. The summed E-state index contributed by atoms with van der Waals surface area (Å²) >= 11 is 4.54. The number of aromatic amines is 1. The van der Waals surface area contributed by atoms with Crippen LogP contribution >= 0.6 is 11.8 Å². The van der Waals surface area contributed by atoms with Gasteiger partial charge in [0.25, 0.3) is 0 Å². The number of halogens is 1. The number of likely N-dealkylation sites (N-methyl/N-ethyl adjacent to an activating group) is 1. The summed E-state index contributed by atoms with van der Waals surface area (Å²) in [5.74, 6) is 2.65. The molecule has 4 rings (SSSR count). The number of H-pyrrole nitrogens is 1. The fraction of sp³-hybridized carbons (Fsp3) is 0.526. The lowest BCUT2D eigenvalue weighted by molar-refractivity contribution is -0.510. The summed E-state index contributed by atoms with van der Waals surface area (Å²) in [5.41, 5.74) is 4.24. The summed E-state index contributed by atoms with van der Waals surface area (Å²) in [7, 11) is 2.28. The lowest BCUT2D eigenvalue weighted by atomic mass is 9.72. The Hall–Kier alpha value is -0.530. The average molecular weight is 454 g/mol. The number of aromatic nitrogens is 1. The third kappa shape index (κ3) is 2.72. The number of alkyl halides is 1. The van der Waals surface area contributed by atoms with E-state index in [2.05, 4.69) is 63.9 Å². The lowest BCUT2D eigenvalue weighted by Gasteiger charge is -2.59. The number of nitrogens with zero attached hydrogens (tertiary/aromatic N) is 1. The average Bonchev–Trinajstić information content (AvgIpc) is 2.93. The molecule has 1 aromatic carbocycles. The van der Waals surface area contributed by atoms with Crippen LogP contribution in [0.1, 0.15) is 24.5 Å². The standard InChI is InChI=1S/C19H23IN2OS/c1-12(23)10-24-11-13-7-19(20)15-4-3-5-16-18(15)14(8-21-16)6-17(19)22(2)9-13/h3-5,8,13,17,21H,6-7,9-11H2,1-2H3/q-1/t13-,17-,19?/m1/s1. The van der Waals surface area contributed by atoms with Crippen LogP contribution in [0.25, 0.3) is 10.9 Å². The molecule has 0 saturated carbocycles. The zero-order valence-electron chi connectivity index (χ0n) is 14.1. The first kappa shape index (κ1) is 16.9. The second kappa shape index (κ2) is 6.32. The van der Waals surface area contributed by atoms with Gasteiger partial charge < -0.3 is 32.5 Å². The van der Waals surface area contributed by atoms with Crippen molar-refractivity contribution in [2.24, 2.45) is 5.92 Å². The predicted octanol–water partition coefficient (Wildman–Crippen LogP) is 0.115. The molecule has 1 aliphatic heterocycles. The molecule has 1 radical (unpaired) electrons. The van der Waals surface area contributed by atoms with Crippen molar-refractivity contribution in [1.82, 2.24) is 9.88 Å². The van der Waals surface area contributed by atoms with Gasteiger partial charge in [-0.2, -0.15) is 11.8 Å². The molecule has 2 heterocycles. The Morgan fingerprint density at radius 3 is 3.12 bits per heavy atom. The summed E-state index contributed by atoms with van der Waals surface area (Å²) < 4.78 is 0.168. The van der Waals surface area contributed by atoms with E-state index in [1.807, 2.05) is 0 Å². The zero-order valence-corrected chi connectivity index (χ0v) is 17.1. The van der Waals surface area contributed by atoms with Gasteiger partial charge in [0.15, 0.2) is 0 Å². The number of benzene rings is 1. The summed E-state index contributed by atoms with van der Waals surface area (Å²) in [4.78, 5) is 17.3. The van der Waals surface area contributed by atoms with E-state index >= 15 is 0 Å². The second-order valence-corrected chi connectivity index (χ2v) is 10.3. The normalized spacial score (nSPS) is 29.6. The van der Waals surface area contributed by atoms with Crippen molar-refractivity contribution in [2.45, 2.75) is 29.2 Å². The Morgan fingerprint density at radius 2 is 2.33 bits per heavy atom. The van der Waals surface area contributed by atoms with Crippen LogP contribution in [0.2, 0.25) is 0 Å². The highest BCUT2D eigenvalue weighted by Gasteiger charge is 2.42. The van der Waals surface area contributed by atoms with Crippen LogP contribution in [-0.4, -0.2) is 46.8 Å². The molecule has 1 aromatic heterocycles. The smallest absolute Gasteiger partial charge is 0.139 e. The van der Waals surface area contributed by atoms with E-state index in [-0.39, 0.29) is 9.20 Å². The highest BCUT2D eigenvalue weighted by molar-refractivity contribution is 7.99. The first-order valence-corrected chi connectivity index (χ1v) is 10.8. The highest BCUT2D eigenvalue weighted by atomic mass is 127. The van der Waals surface area contributed by atoms with Gasteiger partial charge in [-0.25, -0.2) is 0 Å². The minimum Gasteiger partial charge on any atom is -0.783 e. The summed E-state index contributed by atoms with van der Waals surface area (Å²) in [6, 6.07) is 7.27. The molecule has 0 spiro atoms. The van der Waals surface area contributed by atoms with Crippen LogP contribution in [0.3, 0.4) is 0 Å². The van der Waals surface area contributed by atoms with Crippen molar-refractivity contribution in [3.05, 3.63) is 35.5 Å². The monoisotopic (exact) mass is 454 g/mol. The molecule has 3 nitrogen and oxygen atoms in total. The molecule has 1 saturated heterocycles. The minimum atomic E-state index is 0.168. The quantitative estimate of drug-likeness (QED) is 0.527. The van der Waals surface area contributed by atoms with Crippen molar-refractivity contribution in [1.29, 1.82) is 0 Å². The number of hydrogen-bond donors (Lipinski definition) is 1. The third-order valence-corrected chi connectivity index (χ3v) is 8.56. The van der Waals surface area contributed by atoms with Crippen LogP contribution in [-0.2, 0) is 14.6 Å². The number of Topliss-reactive ketones (excluding diaryl/α,β-unsaturated/α-hetero) is 1. The lowest BCUT2D eigenvalue weighted by Crippen LogP contribution is -3.43. The second-order valence-electron chi connectivity index (χ2n) is 7.35. The molecule has 1 fully saturated rings. The molecule has 1 aliphatic carbocycles. The number of piperidine rings is 1. The zero-order chi connectivity index (χ0) is 16.9. The van der Waals surface area contributed by atoms with Gasteiger partial charge in [0.2, 0.25) is 0 Å². The SMILES string of the molecule is CC(=O)CSC[C@H]1CN(C)[C@@H]2Cc3c[nH]c4cccc(c34)C2([I-])C1. The van der Waals surface area contributed by atoms with E-state index in [1.165, 1.54) is 28.5 Å². The molecule has 2 aliphatic rings. The van der Waals surface area contributed by atoms with Gasteiger partial charge in [0, 0.05) is 29.7 Å². The third-order valence-electron chi connectivity index (χ3n) is 5.50. The van der Waals surface area contributed by atoms with Gasteiger partial charge in [-0.15, -0.1) is 3.42 Å². The molecule has 5 heteroatoms. The van der Waals surface area contributed by atoms with Crippen molar-refractivity contribution < 1.29 is 27.4 Å². The van der Waals surface area contributed by atoms with E-state index in [1.54, 1.807) is 18.7 Å². The summed E-state index contributed by atoms with van der Waals surface area (Å²) in [5, 5.41) is 1.45. The number of ketones is 1. The Bertz CT molecular complexity index is 789. The number of rotatable bonds is 4. The van der Waals surface area contributed by atoms with E-state index < -0.39 is 0 Å². The number of likely N-dealkylation sites (tertiary alicyclic amines) is 1. The van der Waals surface area contributed by atoms with Crippen LogP contribution < -0.4 is 22.6 Å². The predicted molar refractivity (Wildman–Crippen MR) is 96.2 cm³/mol. The number of thioether (sulfide) groups is 1. The maximum atomic E-state index is 11.2. The van der Waals surface area contributed by atoms with Gasteiger partial charge in [-0.1, -0.05) is 24.1 Å². The first-order valence-electron chi connectivity index (χ1n) is 8.55. The Balaban J connectivity index is 1.66. The maximum absolute atomic E-state index is 11.2. The van der Waals surface area contributed by atoms with Crippen LogP contribution in [0.4, 0.5) is 0 Å². The number of carbonyl (C=O) groups excluding carboxylic acids is 1. The van der Waals surface area contributed by atoms with E-state index in [9.17, 15) is 4.79 Å². The van der Waals surface area contributed by atoms with Crippen molar-refractivity contribution in [2.75, 3.05) is 25.1 Å². The van der Waals surface area contributed by atoms with Gasteiger partial charge in [-0.3, -0.25) is 4.79 Å². The van der Waals surface area contributed by atoms with E-state index in [0.717, 1.165) is 18.7 Å². The molecule has 1 N–H and O–H groups in total. The first-order chi connectivity index (χ1) is 11.5. The maximum Gasteiger partial charge on any atom is 0.139 e. The van der Waals surface area contributed by atoms with Gasteiger partial charge in [-0.05, 0) is 43.7 Å². The number of carbonyl (C=O) groups is 1. The van der Waals surface area contributed by atoms with Crippen molar-refractivity contribution in [3.8, 4) is 0 Å². The van der Waals surface area contributed by atoms with E-state index in [4.69, 9.17) is 0 Å². The number of hydrogen-bond acceptors (Lipinski definition) is 3. The molecular weight excluding hydrogens is 431 g/mol. The van der Waals surface area contributed by atoms with Crippen molar-refractivity contribution in [3.63, 3.8) is 0 Å². The molecule has 0 amide bonds. The van der Waals surface area contributed by atoms with Crippen LogP contribution in [0, 0.1) is 5.92 Å². The van der Waals surface area contributed by atoms with Crippen LogP contribution in [0.5, 0.6) is 0 Å². The fourth-order valence-corrected chi connectivity index (χ4v) is 7.29. The minimum absolute atomic E-state index is 0.168. The fourth-order valence-electron chi connectivity index (χ4n) is 4.56. The number of fused-ring (bicyclic) bond motifs is 2. The largest absolute Gasteiger partial charge is 0.783 e. The topological polar surface area (TPSA) is 36.1 Å². The van der Waals surface area contributed by atoms with Crippen LogP contribution in [0.15, 0.2) is 24.4 Å².